The first-order chi connectivity index (χ1) is 16.7. The molecule has 0 aromatic heterocycles. The number of ether oxygens (including phenoxy) is 3. The van der Waals surface area contributed by atoms with Gasteiger partial charge in [-0.3, -0.25) is 19.7 Å². The molecule has 0 bridgehead atoms. The number of nitrogens with zero attached hydrogens (tertiary/aromatic N) is 1. The van der Waals surface area contributed by atoms with Gasteiger partial charge in [0.25, 0.3) is 0 Å². The summed E-state index contributed by atoms with van der Waals surface area (Å²) >= 11 is 0. The maximum absolute atomic E-state index is 13.9. The number of carbonyl (C=O) groups is 3. The number of carboxylic acids is 1. The molecule has 2 aromatic rings. The molecule has 9 heteroatoms. The lowest BCUT2D eigenvalue weighted by Crippen LogP contribution is -2.56. The summed E-state index contributed by atoms with van der Waals surface area (Å²) in [6.45, 7) is 3.78. The predicted octanol–water partition coefficient (Wildman–Crippen LogP) is 3.03. The van der Waals surface area contributed by atoms with Gasteiger partial charge >= 0.3 is 5.97 Å². The molecule has 4 rings (SSSR count). The summed E-state index contributed by atoms with van der Waals surface area (Å²) < 4.78 is 16.3. The third-order valence-corrected chi connectivity index (χ3v) is 6.87. The summed E-state index contributed by atoms with van der Waals surface area (Å²) in [6.07, 6.45) is 0.164. The zero-order valence-corrected chi connectivity index (χ0v) is 20.4. The lowest BCUT2D eigenvalue weighted by molar-refractivity contribution is -0.149. The largest absolute Gasteiger partial charge is 0.497 e. The number of methoxy groups -OCH3 is 3. The van der Waals surface area contributed by atoms with Gasteiger partial charge in [0.05, 0.1) is 38.9 Å². The van der Waals surface area contributed by atoms with Crippen molar-refractivity contribution in [1.29, 1.82) is 0 Å². The van der Waals surface area contributed by atoms with Crippen LogP contribution in [0.2, 0.25) is 0 Å². The number of carbonyl (C=O) groups excluding carboxylic acids is 2. The van der Waals surface area contributed by atoms with Crippen molar-refractivity contribution in [1.82, 2.24) is 5.32 Å². The van der Waals surface area contributed by atoms with E-state index < -0.39 is 41.2 Å². The Balaban J connectivity index is 1.91. The number of fused-ring (bicyclic) bond motifs is 1. The molecule has 35 heavy (non-hydrogen) atoms. The summed E-state index contributed by atoms with van der Waals surface area (Å²) in [5.74, 6) is -3.00. The minimum absolute atomic E-state index is 0.0565. The number of para-hydroxylation sites is 2. The normalized spacial score (nSPS) is 25.7. The van der Waals surface area contributed by atoms with E-state index in [1.165, 1.54) is 21.3 Å². The molecule has 2 saturated heterocycles. The van der Waals surface area contributed by atoms with Crippen LogP contribution in [-0.2, 0) is 14.4 Å². The molecule has 4 atom stereocenters. The van der Waals surface area contributed by atoms with Gasteiger partial charge in [0.15, 0.2) is 0 Å². The molecule has 9 nitrogen and oxygen atoms in total. The number of rotatable bonds is 8. The summed E-state index contributed by atoms with van der Waals surface area (Å²) in [4.78, 5) is 41.7. The van der Waals surface area contributed by atoms with E-state index in [0.29, 0.717) is 28.5 Å². The average Bonchev–Trinajstić information content (AvgIpc) is 3.32. The van der Waals surface area contributed by atoms with E-state index in [9.17, 15) is 19.5 Å². The van der Waals surface area contributed by atoms with Crippen LogP contribution in [-0.4, -0.2) is 49.8 Å². The van der Waals surface area contributed by atoms with Crippen LogP contribution in [0.15, 0.2) is 42.5 Å². The number of amides is 2. The van der Waals surface area contributed by atoms with Crippen LogP contribution < -0.4 is 24.4 Å². The fourth-order valence-corrected chi connectivity index (χ4v) is 5.51. The number of carboxylic acid groups (broad SMARTS) is 1. The van der Waals surface area contributed by atoms with Crippen LogP contribution in [0.5, 0.6) is 17.2 Å². The zero-order valence-electron chi connectivity index (χ0n) is 20.4. The van der Waals surface area contributed by atoms with E-state index in [1.54, 1.807) is 42.5 Å². The van der Waals surface area contributed by atoms with Crippen molar-refractivity contribution in [2.75, 3.05) is 26.2 Å². The molecule has 2 aliphatic rings. The maximum atomic E-state index is 13.9. The number of anilines is 1. The Kier molecular flexibility index (Phi) is 6.46. The van der Waals surface area contributed by atoms with Crippen LogP contribution in [0.1, 0.15) is 31.9 Å². The quantitative estimate of drug-likeness (QED) is 0.552. The highest BCUT2D eigenvalue weighted by Gasteiger charge is 2.69. The van der Waals surface area contributed by atoms with Crippen LogP contribution in [0.25, 0.3) is 0 Å². The first-order valence-electron chi connectivity index (χ1n) is 11.4. The molecule has 2 heterocycles. The summed E-state index contributed by atoms with van der Waals surface area (Å²) in [5, 5.41) is 13.7. The van der Waals surface area contributed by atoms with Gasteiger partial charge in [0.1, 0.15) is 22.8 Å². The first-order valence-corrected chi connectivity index (χ1v) is 11.4. The molecule has 2 aromatic carbocycles. The third kappa shape index (κ3) is 3.80. The Morgan fingerprint density at radius 1 is 1.03 bits per heavy atom. The fourth-order valence-electron chi connectivity index (χ4n) is 5.51. The minimum atomic E-state index is -1.64. The molecule has 0 spiro atoms. The Hall–Kier alpha value is -3.59. The topological polar surface area (TPSA) is 114 Å². The van der Waals surface area contributed by atoms with Crippen molar-refractivity contribution in [3.63, 3.8) is 0 Å². The van der Waals surface area contributed by atoms with E-state index in [0.717, 1.165) is 4.90 Å². The van der Waals surface area contributed by atoms with E-state index in [1.807, 2.05) is 13.8 Å². The molecule has 0 unspecified atom stereocenters. The van der Waals surface area contributed by atoms with E-state index >= 15 is 0 Å². The first kappa shape index (κ1) is 24.5. The number of benzene rings is 2. The van der Waals surface area contributed by atoms with Crippen molar-refractivity contribution < 1.29 is 33.7 Å². The lowest BCUT2D eigenvalue weighted by atomic mass is 9.75. The van der Waals surface area contributed by atoms with Gasteiger partial charge in [0, 0.05) is 17.7 Å². The van der Waals surface area contributed by atoms with Crippen molar-refractivity contribution in [2.24, 2.45) is 17.8 Å². The summed E-state index contributed by atoms with van der Waals surface area (Å²) in [5.41, 5.74) is -0.764. The highest BCUT2D eigenvalue weighted by molar-refractivity contribution is 6.24. The van der Waals surface area contributed by atoms with Crippen molar-refractivity contribution in [3.8, 4) is 17.2 Å². The molecule has 2 fully saturated rings. The molecule has 0 aliphatic carbocycles. The van der Waals surface area contributed by atoms with Crippen molar-refractivity contribution >= 4 is 23.5 Å². The standard InChI is InChI=1S/C26H30N2O7/c1-14(2)13-26(25(31)32)21-20(22(27-26)16-11-10-15(33-3)12-19(16)35-5)23(29)28(24(21)30)17-8-6-7-9-18(17)34-4/h6-12,14,20-22,27H,13H2,1-5H3,(H,31,32)/t20-,21-,22+,26+/m1/s1. The molecular weight excluding hydrogens is 452 g/mol. The van der Waals surface area contributed by atoms with E-state index in [2.05, 4.69) is 5.32 Å². The number of aliphatic carboxylic acids is 1. The zero-order chi connectivity index (χ0) is 25.5. The third-order valence-electron chi connectivity index (χ3n) is 6.87. The van der Waals surface area contributed by atoms with Crippen molar-refractivity contribution in [3.05, 3.63) is 48.0 Å². The van der Waals surface area contributed by atoms with Gasteiger partial charge in [-0.2, -0.15) is 0 Å². The number of hydrogen-bond acceptors (Lipinski definition) is 7. The van der Waals surface area contributed by atoms with Crippen LogP contribution in [0, 0.1) is 17.8 Å². The summed E-state index contributed by atoms with van der Waals surface area (Å²) in [7, 11) is 4.48. The Bertz CT molecular complexity index is 1160. The number of hydrogen-bond donors (Lipinski definition) is 2. The van der Waals surface area contributed by atoms with Crippen LogP contribution >= 0.6 is 0 Å². The molecule has 2 amide bonds. The molecular formula is C26H30N2O7. The van der Waals surface area contributed by atoms with Crippen LogP contribution in [0.3, 0.4) is 0 Å². The minimum Gasteiger partial charge on any atom is -0.497 e. The van der Waals surface area contributed by atoms with Gasteiger partial charge in [-0.15, -0.1) is 0 Å². The Morgan fingerprint density at radius 3 is 2.31 bits per heavy atom. The smallest absolute Gasteiger partial charge is 0.324 e. The Labute approximate surface area is 204 Å². The monoisotopic (exact) mass is 482 g/mol. The molecule has 2 aliphatic heterocycles. The van der Waals surface area contributed by atoms with E-state index in [4.69, 9.17) is 14.2 Å². The van der Waals surface area contributed by atoms with Crippen LogP contribution in [0.4, 0.5) is 5.69 Å². The molecule has 186 valence electrons. The van der Waals surface area contributed by atoms with Gasteiger partial charge < -0.3 is 19.3 Å². The second-order valence-corrected chi connectivity index (χ2v) is 9.29. The van der Waals surface area contributed by atoms with Gasteiger partial charge in [0.2, 0.25) is 11.8 Å². The highest BCUT2D eigenvalue weighted by Crippen LogP contribution is 2.53. The van der Waals surface area contributed by atoms with Gasteiger partial charge in [-0.25, -0.2) is 4.90 Å². The van der Waals surface area contributed by atoms with Gasteiger partial charge in [-0.05, 0) is 30.5 Å². The fraction of sp³-hybridized carbons (Fsp3) is 0.423. The maximum Gasteiger partial charge on any atom is 0.324 e. The lowest BCUT2D eigenvalue weighted by Gasteiger charge is -2.33. The second-order valence-electron chi connectivity index (χ2n) is 9.29. The molecule has 2 N–H and O–H groups in total. The summed E-state index contributed by atoms with van der Waals surface area (Å²) in [6, 6.07) is 11.1. The second kappa shape index (κ2) is 9.22. The highest BCUT2D eigenvalue weighted by atomic mass is 16.5. The predicted molar refractivity (Wildman–Crippen MR) is 128 cm³/mol. The SMILES string of the molecule is COc1ccc([C@@H]2N[C@](CC(C)C)(C(=O)O)[C@H]3C(=O)N(c4ccccc4OC)C(=O)[C@@H]23)c(OC)c1. The Morgan fingerprint density at radius 2 is 1.71 bits per heavy atom. The average molecular weight is 483 g/mol. The number of imide groups is 1. The van der Waals surface area contributed by atoms with Crippen molar-refractivity contribution in [2.45, 2.75) is 31.8 Å². The van der Waals surface area contributed by atoms with Gasteiger partial charge in [-0.1, -0.05) is 32.0 Å². The molecule has 0 saturated carbocycles. The molecule has 0 radical (unpaired) electrons. The van der Waals surface area contributed by atoms with E-state index in [-0.39, 0.29) is 12.3 Å². The number of nitrogens with one attached hydrogen (secondary N) is 1.